The van der Waals surface area contributed by atoms with Crippen LogP contribution < -0.4 is 0 Å². The fraction of sp³-hybridized carbons (Fsp3) is 0.958. The first kappa shape index (κ1) is 75.4. The second-order valence-corrected chi connectivity index (χ2v) is 24.5. The lowest BCUT2D eigenvalue weighted by molar-refractivity contribution is -0.167. The molecule has 458 valence electrons. The zero-order chi connectivity index (χ0) is 55.7. The number of hydrogen-bond acceptors (Lipinski definition) is 6. The van der Waals surface area contributed by atoms with Crippen molar-refractivity contribution in [1.82, 2.24) is 0 Å². The molecule has 0 aliphatic heterocycles. The van der Waals surface area contributed by atoms with E-state index in [-0.39, 0.29) is 31.1 Å². The summed E-state index contributed by atoms with van der Waals surface area (Å²) in [5, 5.41) is 0. The molecule has 0 saturated carbocycles. The quantitative estimate of drug-likeness (QED) is 0.0343. The molecule has 1 unspecified atom stereocenters. The van der Waals surface area contributed by atoms with Crippen LogP contribution in [0.5, 0.6) is 0 Å². The summed E-state index contributed by atoms with van der Waals surface area (Å²) >= 11 is 0. The van der Waals surface area contributed by atoms with Gasteiger partial charge in [0.1, 0.15) is 13.2 Å². The van der Waals surface area contributed by atoms with Crippen LogP contribution in [-0.4, -0.2) is 37.2 Å². The highest BCUT2D eigenvalue weighted by molar-refractivity contribution is 5.71. The zero-order valence-electron chi connectivity index (χ0n) is 52.8. The van der Waals surface area contributed by atoms with Crippen molar-refractivity contribution in [3.05, 3.63) is 0 Å². The third kappa shape index (κ3) is 65.1. The van der Waals surface area contributed by atoms with Crippen molar-refractivity contribution in [3.8, 4) is 0 Å². The second-order valence-electron chi connectivity index (χ2n) is 24.5. The highest BCUT2D eigenvalue weighted by Gasteiger charge is 2.19. The molecule has 6 nitrogen and oxygen atoms in total. The molecule has 0 spiro atoms. The molecule has 0 heterocycles. The Balaban J connectivity index is 4.23. The number of carbonyl (C=O) groups is 3. The summed E-state index contributed by atoms with van der Waals surface area (Å²) in [4.78, 5) is 38.4. The van der Waals surface area contributed by atoms with Crippen molar-refractivity contribution in [2.45, 2.75) is 425 Å². The third-order valence-electron chi connectivity index (χ3n) is 16.6. The molecule has 0 fully saturated rings. The van der Waals surface area contributed by atoms with Crippen molar-refractivity contribution in [2.75, 3.05) is 13.2 Å². The Morgan fingerprint density at radius 3 is 0.519 bits per heavy atom. The van der Waals surface area contributed by atoms with Gasteiger partial charge in [-0.1, -0.05) is 380 Å². The molecule has 1 atom stereocenters. The van der Waals surface area contributed by atoms with Gasteiger partial charge in [0.25, 0.3) is 0 Å². The van der Waals surface area contributed by atoms with Gasteiger partial charge in [0.05, 0.1) is 0 Å². The van der Waals surface area contributed by atoms with Gasteiger partial charge in [0.2, 0.25) is 0 Å². The van der Waals surface area contributed by atoms with E-state index in [0.717, 1.165) is 57.8 Å². The maximum atomic E-state index is 12.9. The molecular weight excluding hydrogens is 949 g/mol. The monoisotopic (exact) mass is 1090 g/mol. The van der Waals surface area contributed by atoms with Crippen LogP contribution in [-0.2, 0) is 28.6 Å². The molecule has 0 aliphatic rings. The fourth-order valence-electron chi connectivity index (χ4n) is 11.3. The van der Waals surface area contributed by atoms with Gasteiger partial charge in [-0.15, -0.1) is 0 Å². The Labute approximate surface area is 482 Å². The van der Waals surface area contributed by atoms with Crippen molar-refractivity contribution in [2.24, 2.45) is 0 Å². The Kier molecular flexibility index (Phi) is 65.5. The number of rotatable bonds is 67. The third-order valence-corrected chi connectivity index (χ3v) is 16.6. The van der Waals surface area contributed by atoms with Crippen LogP contribution in [0, 0.1) is 0 Å². The molecule has 0 bridgehead atoms. The molecule has 0 aromatic heterocycles. The molecule has 0 radical (unpaired) electrons. The first-order chi connectivity index (χ1) is 38.0. The standard InChI is InChI=1S/C71H138O6/c1-4-7-10-13-16-19-22-25-28-31-33-34-35-36-37-38-41-43-46-49-52-55-58-61-64-70(73)76-67-68(66-75-69(72)63-60-57-54-51-48-45-42-39-30-27-24-21-18-15-12-9-6-3)77-71(74)65-62-59-56-53-50-47-44-40-32-29-26-23-20-17-14-11-8-5-2/h68H,4-67H2,1-3H3. The van der Waals surface area contributed by atoms with Gasteiger partial charge in [-0.3, -0.25) is 14.4 Å². The average Bonchev–Trinajstić information content (AvgIpc) is 3.43. The van der Waals surface area contributed by atoms with E-state index in [9.17, 15) is 14.4 Å². The zero-order valence-corrected chi connectivity index (χ0v) is 52.8. The lowest BCUT2D eigenvalue weighted by Gasteiger charge is -2.18. The predicted molar refractivity (Wildman–Crippen MR) is 335 cm³/mol. The van der Waals surface area contributed by atoms with Crippen LogP contribution in [0.15, 0.2) is 0 Å². The minimum absolute atomic E-state index is 0.0600. The SMILES string of the molecule is CCCCCCCCCCCCCCCCCCCCCCCCCCC(=O)OCC(COC(=O)CCCCCCCCCCCCCCCCCCC)OC(=O)CCCCCCCCCCCCCCCCCCCC. The van der Waals surface area contributed by atoms with Crippen molar-refractivity contribution >= 4 is 17.9 Å². The second kappa shape index (κ2) is 66.9. The Morgan fingerprint density at radius 1 is 0.208 bits per heavy atom. The molecule has 0 saturated heterocycles. The van der Waals surface area contributed by atoms with Crippen LogP contribution in [0.3, 0.4) is 0 Å². The van der Waals surface area contributed by atoms with Gasteiger partial charge >= 0.3 is 17.9 Å². The molecule has 0 N–H and O–H groups in total. The number of unbranched alkanes of at least 4 members (excludes halogenated alkanes) is 56. The van der Waals surface area contributed by atoms with E-state index in [2.05, 4.69) is 20.8 Å². The van der Waals surface area contributed by atoms with Crippen LogP contribution in [0.4, 0.5) is 0 Å². The molecular formula is C71H138O6. The van der Waals surface area contributed by atoms with Gasteiger partial charge < -0.3 is 14.2 Å². The van der Waals surface area contributed by atoms with Gasteiger partial charge in [0.15, 0.2) is 6.10 Å². The van der Waals surface area contributed by atoms with E-state index < -0.39 is 6.10 Å². The summed E-state index contributed by atoms with van der Waals surface area (Å²) in [6.45, 7) is 6.75. The van der Waals surface area contributed by atoms with Crippen molar-refractivity contribution < 1.29 is 28.6 Å². The first-order valence-corrected chi connectivity index (χ1v) is 35.5. The van der Waals surface area contributed by atoms with E-state index in [1.165, 1.54) is 321 Å². The molecule has 0 aromatic rings. The van der Waals surface area contributed by atoms with Crippen molar-refractivity contribution in [1.29, 1.82) is 0 Å². The highest BCUT2D eigenvalue weighted by Crippen LogP contribution is 2.19. The molecule has 77 heavy (non-hydrogen) atoms. The maximum Gasteiger partial charge on any atom is 0.306 e. The van der Waals surface area contributed by atoms with Crippen LogP contribution in [0.2, 0.25) is 0 Å². The van der Waals surface area contributed by atoms with Crippen molar-refractivity contribution in [3.63, 3.8) is 0 Å². The Bertz CT molecular complexity index is 1160. The highest BCUT2D eigenvalue weighted by atomic mass is 16.6. The van der Waals surface area contributed by atoms with Crippen LogP contribution in [0.1, 0.15) is 419 Å². The number of ether oxygens (including phenoxy) is 3. The maximum absolute atomic E-state index is 12.9. The summed E-state index contributed by atoms with van der Waals surface area (Å²) in [5.74, 6) is -0.818. The number of esters is 3. The van der Waals surface area contributed by atoms with E-state index in [4.69, 9.17) is 14.2 Å². The topological polar surface area (TPSA) is 78.9 Å². The van der Waals surface area contributed by atoms with Gasteiger partial charge in [-0.25, -0.2) is 0 Å². The summed E-state index contributed by atoms with van der Waals surface area (Å²) in [5.41, 5.74) is 0. The summed E-state index contributed by atoms with van der Waals surface area (Å²) in [6.07, 6.45) is 78.4. The molecule has 0 amide bonds. The first-order valence-electron chi connectivity index (χ1n) is 35.5. The van der Waals surface area contributed by atoms with E-state index in [0.29, 0.717) is 19.3 Å². The Hall–Kier alpha value is -1.59. The van der Waals surface area contributed by atoms with Crippen LogP contribution >= 0.6 is 0 Å². The minimum Gasteiger partial charge on any atom is -0.462 e. The van der Waals surface area contributed by atoms with E-state index in [1.54, 1.807) is 0 Å². The van der Waals surface area contributed by atoms with Crippen LogP contribution in [0.25, 0.3) is 0 Å². The van der Waals surface area contributed by atoms with Gasteiger partial charge in [-0.05, 0) is 19.3 Å². The van der Waals surface area contributed by atoms with Gasteiger partial charge in [0, 0.05) is 19.3 Å². The molecule has 0 aromatic carbocycles. The van der Waals surface area contributed by atoms with E-state index >= 15 is 0 Å². The largest absolute Gasteiger partial charge is 0.462 e. The summed E-state index contributed by atoms with van der Waals surface area (Å²) in [6, 6.07) is 0. The fourth-order valence-corrected chi connectivity index (χ4v) is 11.3. The lowest BCUT2D eigenvalue weighted by Crippen LogP contribution is -2.30. The number of hydrogen-bond donors (Lipinski definition) is 0. The molecule has 0 rings (SSSR count). The smallest absolute Gasteiger partial charge is 0.306 e. The molecule has 6 heteroatoms. The summed E-state index contributed by atoms with van der Waals surface area (Å²) in [7, 11) is 0. The summed E-state index contributed by atoms with van der Waals surface area (Å²) < 4.78 is 17.0. The predicted octanol–water partition coefficient (Wildman–Crippen LogP) is 24.2. The minimum atomic E-state index is -0.763. The average molecular weight is 1090 g/mol. The molecule has 0 aliphatic carbocycles. The lowest BCUT2D eigenvalue weighted by atomic mass is 10.0. The normalized spacial score (nSPS) is 11.9. The Morgan fingerprint density at radius 2 is 0.351 bits per heavy atom. The number of carbonyl (C=O) groups excluding carboxylic acids is 3. The van der Waals surface area contributed by atoms with E-state index in [1.807, 2.05) is 0 Å². The van der Waals surface area contributed by atoms with Gasteiger partial charge in [-0.2, -0.15) is 0 Å².